The molecule has 3 aromatic rings. The molecule has 1 radical (unpaired) electrons. The zero-order chi connectivity index (χ0) is 14.1. The molecule has 0 unspecified atom stereocenters. The van der Waals surface area contributed by atoms with Crippen LogP contribution in [0, 0.1) is 13.0 Å². The van der Waals surface area contributed by atoms with Crippen molar-refractivity contribution < 1.29 is 20.1 Å². The number of pyridine rings is 1. The summed E-state index contributed by atoms with van der Waals surface area (Å²) in [6, 6.07) is 20.2. The molecule has 2 heteroatoms. The van der Waals surface area contributed by atoms with E-state index in [2.05, 4.69) is 69.3 Å². The molecule has 0 atom stereocenters. The molecule has 0 saturated carbocycles. The molecular weight excluding hydrogens is 434 g/mol. The monoisotopic (exact) mass is 453 g/mol. The van der Waals surface area contributed by atoms with Crippen LogP contribution in [-0.4, -0.2) is 4.98 Å². The van der Waals surface area contributed by atoms with Crippen molar-refractivity contribution in [3.63, 3.8) is 0 Å². The Bertz CT molecular complexity index is 762. The van der Waals surface area contributed by atoms with Crippen molar-refractivity contribution in [2.75, 3.05) is 0 Å². The molecule has 2 aromatic carbocycles. The van der Waals surface area contributed by atoms with E-state index in [0.717, 1.165) is 22.3 Å². The van der Waals surface area contributed by atoms with Crippen molar-refractivity contribution in [3.05, 3.63) is 65.7 Å². The Hall–Kier alpha value is -1.50. The molecule has 1 heterocycles. The molecule has 0 aliphatic rings. The second-order valence-electron chi connectivity index (χ2n) is 5.52. The Morgan fingerprint density at radius 2 is 1.76 bits per heavy atom. The maximum Gasteiger partial charge on any atom is 0.0595 e. The van der Waals surface area contributed by atoms with E-state index in [-0.39, 0.29) is 20.1 Å². The summed E-state index contributed by atoms with van der Waals surface area (Å²) in [7, 11) is 0. The van der Waals surface area contributed by atoms with Crippen LogP contribution in [0.2, 0.25) is 0 Å². The van der Waals surface area contributed by atoms with Crippen LogP contribution in [0.25, 0.3) is 22.2 Å². The molecule has 21 heavy (non-hydrogen) atoms. The fourth-order valence-corrected chi connectivity index (χ4v) is 2.51. The summed E-state index contributed by atoms with van der Waals surface area (Å²) < 4.78 is 0. The molecule has 0 amide bonds. The first-order chi connectivity index (χ1) is 9.65. The number of hydrogen-bond donors (Lipinski definition) is 0. The minimum atomic E-state index is 0. The fraction of sp³-hybridized carbons (Fsp3) is 0.211. The zero-order valence-corrected chi connectivity index (χ0v) is 14.9. The number of benzene rings is 2. The molecular formula is C19H18IrN-. The van der Waals surface area contributed by atoms with Crippen LogP contribution >= 0.6 is 0 Å². The Balaban J connectivity index is 0.00000161. The summed E-state index contributed by atoms with van der Waals surface area (Å²) in [4.78, 5) is 4.88. The maximum absolute atomic E-state index is 4.88. The van der Waals surface area contributed by atoms with Gasteiger partial charge in [-0.1, -0.05) is 50.6 Å². The minimum absolute atomic E-state index is 0. The first kappa shape index (κ1) is 15.9. The third-order valence-electron chi connectivity index (χ3n) is 3.57. The number of nitrogens with zero attached hydrogens (tertiary/aromatic N) is 1. The summed E-state index contributed by atoms with van der Waals surface area (Å²) in [5, 5.41) is 1.20. The predicted molar refractivity (Wildman–Crippen MR) is 84.8 cm³/mol. The largest absolute Gasteiger partial charge is 0.296 e. The van der Waals surface area contributed by atoms with Crippen molar-refractivity contribution in [2.24, 2.45) is 0 Å². The summed E-state index contributed by atoms with van der Waals surface area (Å²) >= 11 is 0. The van der Waals surface area contributed by atoms with E-state index in [4.69, 9.17) is 4.98 Å². The normalized spacial score (nSPS) is 10.7. The molecule has 0 aliphatic heterocycles. The molecule has 0 bridgehead atoms. The van der Waals surface area contributed by atoms with Crippen LogP contribution in [-0.2, 0) is 20.1 Å². The van der Waals surface area contributed by atoms with Crippen molar-refractivity contribution in [1.29, 1.82) is 0 Å². The van der Waals surface area contributed by atoms with Gasteiger partial charge in [0.1, 0.15) is 0 Å². The van der Waals surface area contributed by atoms with E-state index in [1.165, 1.54) is 10.9 Å². The van der Waals surface area contributed by atoms with Crippen molar-refractivity contribution in [3.8, 4) is 11.3 Å². The van der Waals surface area contributed by atoms with Gasteiger partial charge in [-0.15, -0.1) is 35.4 Å². The number of rotatable bonds is 2. The molecule has 0 spiro atoms. The van der Waals surface area contributed by atoms with Gasteiger partial charge in [-0.3, -0.25) is 4.98 Å². The SMILES string of the molecule is Cc1[c-]c(-c2nc3ccccc3cc2C(C)C)ccc1.[Ir]. The number of aryl methyl sites for hydroxylation is 1. The fourth-order valence-electron chi connectivity index (χ4n) is 2.51. The quantitative estimate of drug-likeness (QED) is 0.491. The van der Waals surface area contributed by atoms with Gasteiger partial charge in [-0.25, -0.2) is 0 Å². The second kappa shape index (κ2) is 6.51. The van der Waals surface area contributed by atoms with Crippen LogP contribution in [0.15, 0.2) is 48.5 Å². The van der Waals surface area contributed by atoms with E-state index < -0.39 is 0 Å². The second-order valence-corrected chi connectivity index (χ2v) is 5.52. The summed E-state index contributed by atoms with van der Waals surface area (Å²) in [6.07, 6.45) is 0. The number of aromatic nitrogens is 1. The zero-order valence-electron chi connectivity index (χ0n) is 12.5. The average molecular weight is 453 g/mol. The Labute approximate surface area is 139 Å². The standard InChI is InChI=1S/C19H18N.Ir/c1-13(2)17-12-15-8-4-5-10-18(15)20-19(17)16-9-6-7-14(3)11-16;/h4-10,12-13H,1-3H3;/q-1;. The van der Waals surface area contributed by atoms with Gasteiger partial charge in [0.05, 0.1) is 5.52 Å². The minimum Gasteiger partial charge on any atom is -0.296 e. The molecule has 3 rings (SSSR count). The van der Waals surface area contributed by atoms with Crippen LogP contribution in [0.3, 0.4) is 0 Å². The average Bonchev–Trinajstić information content (AvgIpc) is 2.46. The summed E-state index contributed by atoms with van der Waals surface area (Å²) in [5.74, 6) is 0.441. The predicted octanol–water partition coefficient (Wildman–Crippen LogP) is 5.13. The number of fused-ring (bicyclic) bond motifs is 1. The number of para-hydroxylation sites is 1. The molecule has 109 valence electrons. The molecule has 0 saturated heterocycles. The smallest absolute Gasteiger partial charge is 0.0595 e. The van der Waals surface area contributed by atoms with E-state index in [1.54, 1.807) is 0 Å². The molecule has 1 aromatic heterocycles. The van der Waals surface area contributed by atoms with Gasteiger partial charge in [0.15, 0.2) is 0 Å². The van der Waals surface area contributed by atoms with Crippen LogP contribution < -0.4 is 0 Å². The van der Waals surface area contributed by atoms with E-state index in [1.807, 2.05) is 6.07 Å². The summed E-state index contributed by atoms with van der Waals surface area (Å²) in [5.41, 5.74) is 5.61. The van der Waals surface area contributed by atoms with Gasteiger partial charge in [0.2, 0.25) is 0 Å². The molecule has 1 nitrogen and oxygen atoms in total. The Morgan fingerprint density at radius 1 is 1.00 bits per heavy atom. The van der Waals surface area contributed by atoms with Crippen LogP contribution in [0.5, 0.6) is 0 Å². The summed E-state index contributed by atoms with van der Waals surface area (Å²) in [6.45, 7) is 6.50. The molecule has 0 fully saturated rings. The topological polar surface area (TPSA) is 12.9 Å². The van der Waals surface area contributed by atoms with Crippen molar-refractivity contribution in [2.45, 2.75) is 26.7 Å². The molecule has 0 N–H and O–H groups in total. The van der Waals surface area contributed by atoms with E-state index in [9.17, 15) is 0 Å². The number of hydrogen-bond acceptors (Lipinski definition) is 1. The van der Waals surface area contributed by atoms with Crippen LogP contribution in [0.4, 0.5) is 0 Å². The van der Waals surface area contributed by atoms with Crippen LogP contribution in [0.1, 0.15) is 30.9 Å². The van der Waals surface area contributed by atoms with Crippen molar-refractivity contribution in [1.82, 2.24) is 4.98 Å². The van der Waals surface area contributed by atoms with Gasteiger partial charge in [-0.05, 0) is 23.1 Å². The first-order valence-electron chi connectivity index (χ1n) is 7.04. The van der Waals surface area contributed by atoms with Gasteiger partial charge in [0, 0.05) is 20.1 Å². The van der Waals surface area contributed by atoms with Gasteiger partial charge >= 0.3 is 0 Å². The third-order valence-corrected chi connectivity index (χ3v) is 3.57. The van der Waals surface area contributed by atoms with Gasteiger partial charge < -0.3 is 0 Å². The third kappa shape index (κ3) is 3.23. The van der Waals surface area contributed by atoms with E-state index in [0.29, 0.717) is 5.92 Å². The van der Waals surface area contributed by atoms with Crippen molar-refractivity contribution >= 4 is 10.9 Å². The van der Waals surface area contributed by atoms with Gasteiger partial charge in [-0.2, -0.15) is 0 Å². The Morgan fingerprint density at radius 3 is 2.48 bits per heavy atom. The van der Waals surface area contributed by atoms with Gasteiger partial charge in [0.25, 0.3) is 0 Å². The Kier molecular flexibility index (Phi) is 4.92. The maximum atomic E-state index is 4.88. The molecule has 0 aliphatic carbocycles. The van der Waals surface area contributed by atoms with E-state index >= 15 is 0 Å². The first-order valence-corrected chi connectivity index (χ1v) is 7.04.